The summed E-state index contributed by atoms with van der Waals surface area (Å²) in [7, 11) is 0. The molecule has 0 aromatic heterocycles. The van der Waals surface area contributed by atoms with E-state index in [-0.39, 0.29) is 17.0 Å². The van der Waals surface area contributed by atoms with Crippen molar-refractivity contribution < 1.29 is 19.5 Å². The first-order chi connectivity index (χ1) is 13.1. The minimum absolute atomic E-state index is 0.0923. The van der Waals surface area contributed by atoms with Gasteiger partial charge >= 0.3 is 0 Å². The summed E-state index contributed by atoms with van der Waals surface area (Å²) in [5.74, 6) is -1.59. The highest BCUT2D eigenvalue weighted by Gasteiger charge is 2.37. The van der Waals surface area contributed by atoms with E-state index in [9.17, 15) is 19.5 Å². The fourth-order valence-electron chi connectivity index (χ4n) is 3.04. The van der Waals surface area contributed by atoms with Crippen molar-refractivity contribution in [2.24, 2.45) is 0 Å². The standard InChI is InChI=1S/C21H14N2O4/c24-18-12-6-3-9-15(18)19(25)22-16-10-4-5-11-17(16)23-20(26)13-7-1-2-8-14(13)21(23)27/h1-12,24H,(H,22,25). The summed E-state index contributed by atoms with van der Waals surface area (Å²) < 4.78 is 0. The number of nitrogens with zero attached hydrogens (tertiary/aromatic N) is 1. The Morgan fingerprint density at radius 3 is 2.00 bits per heavy atom. The molecule has 0 atom stereocenters. The van der Waals surface area contributed by atoms with Crippen molar-refractivity contribution in [2.45, 2.75) is 0 Å². The highest BCUT2D eigenvalue weighted by Crippen LogP contribution is 2.33. The molecule has 132 valence electrons. The van der Waals surface area contributed by atoms with E-state index in [2.05, 4.69) is 5.32 Å². The number of phenolic OH excluding ortho intramolecular Hbond substituents is 1. The van der Waals surface area contributed by atoms with Crippen LogP contribution in [0.5, 0.6) is 5.75 Å². The van der Waals surface area contributed by atoms with E-state index in [4.69, 9.17) is 0 Å². The quantitative estimate of drug-likeness (QED) is 0.702. The van der Waals surface area contributed by atoms with E-state index in [0.717, 1.165) is 4.90 Å². The van der Waals surface area contributed by atoms with Gasteiger partial charge in [0.05, 0.1) is 28.1 Å². The molecule has 0 radical (unpaired) electrons. The molecule has 1 aliphatic heterocycles. The molecule has 27 heavy (non-hydrogen) atoms. The van der Waals surface area contributed by atoms with Gasteiger partial charge in [-0.25, -0.2) is 4.90 Å². The Kier molecular flexibility index (Phi) is 3.93. The van der Waals surface area contributed by atoms with Crippen LogP contribution in [-0.4, -0.2) is 22.8 Å². The normalized spacial score (nSPS) is 12.8. The number of nitrogens with one attached hydrogen (secondary N) is 1. The van der Waals surface area contributed by atoms with E-state index in [0.29, 0.717) is 16.8 Å². The van der Waals surface area contributed by atoms with Crippen molar-refractivity contribution >= 4 is 29.1 Å². The number of benzene rings is 3. The van der Waals surface area contributed by atoms with Crippen LogP contribution in [0.25, 0.3) is 0 Å². The molecule has 0 fully saturated rings. The van der Waals surface area contributed by atoms with Crippen LogP contribution in [0.1, 0.15) is 31.1 Å². The molecule has 1 heterocycles. The number of hydrogen-bond acceptors (Lipinski definition) is 4. The largest absolute Gasteiger partial charge is 0.507 e. The van der Waals surface area contributed by atoms with E-state index in [1.54, 1.807) is 60.7 Å². The molecule has 0 saturated carbocycles. The second kappa shape index (κ2) is 6.42. The number of aromatic hydroxyl groups is 1. The molecule has 0 bridgehead atoms. The number of fused-ring (bicyclic) bond motifs is 1. The summed E-state index contributed by atoms with van der Waals surface area (Å²) in [5.41, 5.74) is 1.30. The highest BCUT2D eigenvalue weighted by atomic mass is 16.3. The van der Waals surface area contributed by atoms with Crippen molar-refractivity contribution in [1.82, 2.24) is 0 Å². The number of imide groups is 1. The average Bonchev–Trinajstić information content (AvgIpc) is 2.94. The molecule has 1 aliphatic rings. The minimum Gasteiger partial charge on any atom is -0.507 e. The third kappa shape index (κ3) is 2.73. The number of carbonyl (C=O) groups excluding carboxylic acids is 3. The maximum atomic E-state index is 12.7. The molecule has 4 rings (SSSR count). The van der Waals surface area contributed by atoms with E-state index >= 15 is 0 Å². The van der Waals surface area contributed by atoms with Crippen LogP contribution in [0.4, 0.5) is 11.4 Å². The summed E-state index contributed by atoms with van der Waals surface area (Å²) in [5, 5.41) is 12.5. The zero-order valence-corrected chi connectivity index (χ0v) is 14.0. The van der Waals surface area contributed by atoms with Gasteiger partial charge < -0.3 is 10.4 Å². The lowest BCUT2D eigenvalue weighted by Crippen LogP contribution is -2.30. The van der Waals surface area contributed by atoms with Crippen LogP contribution >= 0.6 is 0 Å². The van der Waals surface area contributed by atoms with Crippen LogP contribution < -0.4 is 10.2 Å². The van der Waals surface area contributed by atoms with E-state index in [1.165, 1.54) is 12.1 Å². The Balaban J connectivity index is 1.71. The zero-order chi connectivity index (χ0) is 19.0. The van der Waals surface area contributed by atoms with Gasteiger partial charge in [0.15, 0.2) is 0 Å². The Morgan fingerprint density at radius 1 is 0.778 bits per heavy atom. The molecule has 0 unspecified atom stereocenters. The first-order valence-corrected chi connectivity index (χ1v) is 8.24. The summed E-state index contributed by atoms with van der Waals surface area (Å²) >= 11 is 0. The predicted octanol–water partition coefficient (Wildman–Crippen LogP) is 3.45. The fourth-order valence-corrected chi connectivity index (χ4v) is 3.04. The maximum absolute atomic E-state index is 12.7. The topological polar surface area (TPSA) is 86.7 Å². The van der Waals surface area contributed by atoms with E-state index in [1.807, 2.05) is 0 Å². The Labute approximate surface area is 154 Å². The fraction of sp³-hybridized carbons (Fsp3) is 0. The van der Waals surface area contributed by atoms with Crippen LogP contribution in [0.15, 0.2) is 72.8 Å². The van der Waals surface area contributed by atoms with Crippen molar-refractivity contribution in [3.8, 4) is 5.75 Å². The average molecular weight is 358 g/mol. The van der Waals surface area contributed by atoms with Crippen LogP contribution in [-0.2, 0) is 0 Å². The highest BCUT2D eigenvalue weighted by molar-refractivity contribution is 6.35. The molecule has 0 spiro atoms. The zero-order valence-electron chi connectivity index (χ0n) is 14.0. The van der Waals surface area contributed by atoms with Crippen LogP contribution in [0.3, 0.4) is 0 Å². The van der Waals surface area contributed by atoms with Gasteiger partial charge in [0.2, 0.25) is 0 Å². The second-order valence-corrected chi connectivity index (χ2v) is 5.98. The molecule has 3 aromatic carbocycles. The molecule has 0 saturated heterocycles. The molecular formula is C21H14N2O4. The van der Waals surface area contributed by atoms with Crippen molar-refractivity contribution in [1.29, 1.82) is 0 Å². The second-order valence-electron chi connectivity index (χ2n) is 5.98. The Morgan fingerprint density at radius 2 is 1.33 bits per heavy atom. The van der Waals surface area contributed by atoms with Crippen LogP contribution in [0.2, 0.25) is 0 Å². The number of amides is 3. The molecule has 6 heteroatoms. The number of para-hydroxylation sites is 3. The number of carbonyl (C=O) groups is 3. The minimum atomic E-state index is -0.544. The summed E-state index contributed by atoms with van der Waals surface area (Å²) in [6, 6.07) is 19.2. The van der Waals surface area contributed by atoms with Crippen molar-refractivity contribution in [2.75, 3.05) is 10.2 Å². The third-order valence-electron chi connectivity index (χ3n) is 4.34. The van der Waals surface area contributed by atoms with Crippen molar-refractivity contribution in [3.63, 3.8) is 0 Å². The molecule has 3 amide bonds. The van der Waals surface area contributed by atoms with Gasteiger partial charge in [0, 0.05) is 0 Å². The molecule has 0 aliphatic carbocycles. The van der Waals surface area contributed by atoms with Gasteiger partial charge in [0.1, 0.15) is 5.75 Å². The van der Waals surface area contributed by atoms with Gasteiger partial charge in [-0.15, -0.1) is 0 Å². The monoisotopic (exact) mass is 358 g/mol. The molecule has 3 aromatic rings. The molecular weight excluding hydrogens is 344 g/mol. The number of anilines is 2. The van der Waals surface area contributed by atoms with E-state index < -0.39 is 17.7 Å². The number of rotatable bonds is 3. The predicted molar refractivity (Wildman–Crippen MR) is 100 cm³/mol. The first-order valence-electron chi connectivity index (χ1n) is 8.24. The van der Waals surface area contributed by atoms with Gasteiger partial charge in [-0.3, -0.25) is 14.4 Å². The van der Waals surface area contributed by atoms with Gasteiger partial charge in [-0.05, 0) is 36.4 Å². The lowest BCUT2D eigenvalue weighted by molar-refractivity contribution is 0.0924. The van der Waals surface area contributed by atoms with Crippen LogP contribution in [0, 0.1) is 0 Å². The summed E-state index contributed by atoms with van der Waals surface area (Å²) in [4.78, 5) is 39.0. The lowest BCUT2D eigenvalue weighted by atomic mass is 10.1. The summed E-state index contributed by atoms with van der Waals surface area (Å²) in [6.45, 7) is 0. The SMILES string of the molecule is O=C(Nc1ccccc1N1C(=O)c2ccccc2C1=O)c1ccccc1O. The first kappa shape index (κ1) is 16.5. The van der Waals surface area contributed by atoms with Crippen molar-refractivity contribution in [3.05, 3.63) is 89.5 Å². The van der Waals surface area contributed by atoms with Gasteiger partial charge in [-0.1, -0.05) is 36.4 Å². The number of phenols is 1. The third-order valence-corrected chi connectivity index (χ3v) is 4.34. The molecule has 6 nitrogen and oxygen atoms in total. The smallest absolute Gasteiger partial charge is 0.266 e. The Hall–Kier alpha value is -3.93. The summed E-state index contributed by atoms with van der Waals surface area (Å²) in [6.07, 6.45) is 0. The lowest BCUT2D eigenvalue weighted by Gasteiger charge is -2.18. The van der Waals surface area contributed by atoms with Gasteiger partial charge in [0.25, 0.3) is 17.7 Å². The maximum Gasteiger partial charge on any atom is 0.266 e. The molecule has 2 N–H and O–H groups in total. The number of hydrogen-bond donors (Lipinski definition) is 2. The Bertz CT molecular complexity index is 1060. The van der Waals surface area contributed by atoms with Gasteiger partial charge in [-0.2, -0.15) is 0 Å².